The van der Waals surface area contributed by atoms with Gasteiger partial charge in [-0.1, -0.05) is 40.2 Å². The lowest BCUT2D eigenvalue weighted by Crippen LogP contribution is -2.13. The van der Waals surface area contributed by atoms with E-state index in [4.69, 9.17) is 0 Å². The lowest BCUT2D eigenvalue weighted by Gasteiger charge is -2.11. The molecule has 2 aromatic carbocycles. The van der Waals surface area contributed by atoms with Gasteiger partial charge in [-0.3, -0.25) is 4.79 Å². The van der Waals surface area contributed by atoms with E-state index in [0.717, 1.165) is 0 Å². The molecule has 0 spiro atoms. The molecule has 0 N–H and O–H groups in total. The Labute approximate surface area is 132 Å². The Balaban J connectivity index is 2.49. The molecule has 0 heterocycles. The number of halogens is 3. The Morgan fingerprint density at radius 1 is 1.10 bits per heavy atom. The zero-order chi connectivity index (χ0) is 14.7. The minimum atomic E-state index is -1.05. The molecular formula is C15H8Br2FNO. The van der Waals surface area contributed by atoms with Crippen molar-refractivity contribution in [2.24, 2.45) is 0 Å². The third-order valence-electron chi connectivity index (χ3n) is 2.82. The Morgan fingerprint density at radius 3 is 2.40 bits per heavy atom. The van der Waals surface area contributed by atoms with Crippen molar-refractivity contribution in [1.82, 2.24) is 0 Å². The standard InChI is InChI=1S/C15H8Br2FNO/c16-12-6-2-1-4-9(12)11(8-19)15(20)10-5-3-7-13(17)14(10)18/h1-7,11H. The van der Waals surface area contributed by atoms with Crippen molar-refractivity contribution in [1.29, 1.82) is 5.26 Å². The first kappa shape index (κ1) is 14.9. The molecule has 0 aromatic heterocycles. The van der Waals surface area contributed by atoms with Gasteiger partial charge in [0.2, 0.25) is 0 Å². The third kappa shape index (κ3) is 2.82. The normalized spacial score (nSPS) is 11.7. The highest BCUT2D eigenvalue weighted by atomic mass is 79.9. The fourth-order valence-corrected chi connectivity index (χ4v) is 2.71. The summed E-state index contributed by atoms with van der Waals surface area (Å²) in [7, 11) is 0. The maximum atomic E-state index is 14.0. The summed E-state index contributed by atoms with van der Waals surface area (Å²) in [5.41, 5.74) is 0.432. The van der Waals surface area contributed by atoms with Crippen molar-refractivity contribution < 1.29 is 9.18 Å². The lowest BCUT2D eigenvalue weighted by molar-refractivity contribution is 0.0974. The molecule has 5 heteroatoms. The molecule has 0 amide bonds. The molecular weight excluding hydrogens is 389 g/mol. The van der Waals surface area contributed by atoms with Crippen LogP contribution in [0.2, 0.25) is 0 Å². The fourth-order valence-electron chi connectivity index (χ4n) is 1.83. The second kappa shape index (κ2) is 6.29. The van der Waals surface area contributed by atoms with Crippen LogP contribution in [0.1, 0.15) is 21.8 Å². The van der Waals surface area contributed by atoms with Crippen LogP contribution in [-0.4, -0.2) is 5.78 Å². The van der Waals surface area contributed by atoms with Gasteiger partial charge in [0.25, 0.3) is 0 Å². The second-order valence-electron chi connectivity index (χ2n) is 4.05. The monoisotopic (exact) mass is 395 g/mol. The van der Waals surface area contributed by atoms with E-state index in [-0.39, 0.29) is 10.0 Å². The largest absolute Gasteiger partial charge is 0.292 e. The zero-order valence-corrected chi connectivity index (χ0v) is 13.3. The highest BCUT2D eigenvalue weighted by Crippen LogP contribution is 2.29. The van der Waals surface area contributed by atoms with Gasteiger partial charge in [-0.15, -0.1) is 0 Å². The molecule has 1 unspecified atom stereocenters. The van der Waals surface area contributed by atoms with E-state index in [9.17, 15) is 14.4 Å². The van der Waals surface area contributed by atoms with Crippen LogP contribution in [0.15, 0.2) is 51.4 Å². The number of hydrogen-bond acceptors (Lipinski definition) is 2. The number of carbonyl (C=O) groups excluding carboxylic acids is 1. The van der Waals surface area contributed by atoms with Gasteiger partial charge in [-0.2, -0.15) is 5.26 Å². The van der Waals surface area contributed by atoms with Crippen molar-refractivity contribution in [3.05, 3.63) is 68.4 Å². The first-order valence-electron chi connectivity index (χ1n) is 5.68. The number of carbonyl (C=O) groups is 1. The zero-order valence-electron chi connectivity index (χ0n) is 10.1. The smallest absolute Gasteiger partial charge is 0.187 e. The fraction of sp³-hybridized carbons (Fsp3) is 0.0667. The molecule has 2 rings (SSSR count). The van der Waals surface area contributed by atoms with Crippen LogP contribution in [0.3, 0.4) is 0 Å². The van der Waals surface area contributed by atoms with E-state index in [0.29, 0.717) is 10.0 Å². The Hall–Kier alpha value is -1.51. The molecule has 0 saturated heterocycles. The number of nitrogens with zero attached hydrogens (tertiary/aromatic N) is 1. The third-order valence-corrected chi connectivity index (χ3v) is 4.16. The average molecular weight is 397 g/mol. The van der Waals surface area contributed by atoms with Gasteiger partial charge in [0.1, 0.15) is 11.7 Å². The molecule has 0 bridgehead atoms. The number of rotatable bonds is 3. The predicted molar refractivity (Wildman–Crippen MR) is 80.9 cm³/mol. The SMILES string of the molecule is N#CC(C(=O)c1cccc(Br)c1F)c1ccccc1Br. The van der Waals surface area contributed by atoms with Crippen molar-refractivity contribution in [2.45, 2.75) is 5.92 Å². The molecule has 0 saturated carbocycles. The number of hydrogen-bond donors (Lipinski definition) is 0. The molecule has 0 aliphatic heterocycles. The van der Waals surface area contributed by atoms with Crippen LogP contribution in [-0.2, 0) is 0 Å². The quantitative estimate of drug-likeness (QED) is 0.696. The van der Waals surface area contributed by atoms with Gasteiger partial charge in [-0.05, 0) is 39.7 Å². The number of ketones is 1. The average Bonchev–Trinajstić information content (AvgIpc) is 2.44. The molecule has 20 heavy (non-hydrogen) atoms. The number of benzene rings is 2. The molecule has 0 aliphatic carbocycles. The van der Waals surface area contributed by atoms with Gasteiger partial charge < -0.3 is 0 Å². The Bertz CT molecular complexity index is 709. The summed E-state index contributed by atoms with van der Waals surface area (Å²) in [5.74, 6) is -2.25. The van der Waals surface area contributed by atoms with Crippen LogP contribution >= 0.6 is 31.9 Å². The first-order chi connectivity index (χ1) is 9.56. The first-order valence-corrected chi connectivity index (χ1v) is 7.27. The van der Waals surface area contributed by atoms with Gasteiger partial charge in [0, 0.05) is 4.47 Å². The topological polar surface area (TPSA) is 40.9 Å². The van der Waals surface area contributed by atoms with Crippen LogP contribution in [0.5, 0.6) is 0 Å². The maximum absolute atomic E-state index is 14.0. The summed E-state index contributed by atoms with van der Waals surface area (Å²) in [6, 6.07) is 13.3. The van der Waals surface area contributed by atoms with Crippen molar-refractivity contribution in [3.8, 4) is 6.07 Å². The van der Waals surface area contributed by atoms with E-state index in [2.05, 4.69) is 31.9 Å². The Kier molecular flexibility index (Phi) is 4.69. The summed E-state index contributed by atoms with van der Waals surface area (Å²) in [4.78, 5) is 12.4. The molecule has 0 fully saturated rings. The Morgan fingerprint density at radius 2 is 1.75 bits per heavy atom. The van der Waals surface area contributed by atoms with E-state index >= 15 is 0 Å². The van der Waals surface area contributed by atoms with Gasteiger partial charge in [-0.25, -0.2) is 4.39 Å². The minimum absolute atomic E-state index is 0.0957. The van der Waals surface area contributed by atoms with Crippen LogP contribution in [0.25, 0.3) is 0 Å². The minimum Gasteiger partial charge on any atom is -0.292 e. The summed E-state index contributed by atoms with van der Waals surface area (Å²) in [6.45, 7) is 0. The molecule has 2 aromatic rings. The molecule has 2 nitrogen and oxygen atoms in total. The van der Waals surface area contributed by atoms with Crippen molar-refractivity contribution >= 4 is 37.6 Å². The van der Waals surface area contributed by atoms with Crippen molar-refractivity contribution in [2.75, 3.05) is 0 Å². The lowest BCUT2D eigenvalue weighted by atomic mass is 9.91. The summed E-state index contributed by atoms with van der Waals surface area (Å²) in [5, 5.41) is 9.27. The predicted octanol–water partition coefficient (Wildman–Crippen LogP) is 4.84. The van der Waals surface area contributed by atoms with E-state index in [1.807, 2.05) is 6.07 Å². The molecule has 100 valence electrons. The number of Topliss-reactive ketones (excluding diaryl/α,β-unsaturated/α-hetero) is 1. The molecule has 0 radical (unpaired) electrons. The van der Waals surface area contributed by atoms with Crippen molar-refractivity contribution in [3.63, 3.8) is 0 Å². The second-order valence-corrected chi connectivity index (χ2v) is 5.76. The molecule has 1 atom stereocenters. The maximum Gasteiger partial charge on any atom is 0.187 e. The van der Waals surface area contributed by atoms with Crippen LogP contribution < -0.4 is 0 Å². The molecule has 0 aliphatic rings. The van der Waals surface area contributed by atoms with Crippen LogP contribution in [0.4, 0.5) is 4.39 Å². The summed E-state index contributed by atoms with van der Waals surface area (Å²) >= 11 is 6.34. The van der Waals surface area contributed by atoms with E-state index in [1.165, 1.54) is 12.1 Å². The van der Waals surface area contributed by atoms with Crippen LogP contribution in [0, 0.1) is 17.1 Å². The number of nitriles is 1. The van der Waals surface area contributed by atoms with Gasteiger partial charge in [0.15, 0.2) is 5.78 Å². The van der Waals surface area contributed by atoms with Gasteiger partial charge >= 0.3 is 0 Å². The highest BCUT2D eigenvalue weighted by molar-refractivity contribution is 9.10. The highest BCUT2D eigenvalue weighted by Gasteiger charge is 2.26. The summed E-state index contributed by atoms with van der Waals surface area (Å²) in [6.07, 6.45) is 0. The van der Waals surface area contributed by atoms with Gasteiger partial charge in [0.05, 0.1) is 16.1 Å². The van der Waals surface area contributed by atoms with E-state index < -0.39 is 17.5 Å². The van der Waals surface area contributed by atoms with E-state index in [1.54, 1.807) is 30.3 Å². The summed E-state index contributed by atoms with van der Waals surface area (Å²) < 4.78 is 14.8.